The molecule has 0 heterocycles. The van der Waals surface area contributed by atoms with Crippen molar-refractivity contribution in [3.8, 4) is 11.5 Å². The predicted molar refractivity (Wildman–Crippen MR) is 65.9 cm³/mol. The number of rotatable bonds is 3. The quantitative estimate of drug-likeness (QED) is 0.697. The molecule has 1 aromatic rings. The lowest BCUT2D eigenvalue weighted by Gasteiger charge is -2.21. The average Bonchev–Trinajstić information content (AvgIpc) is 2.21. The van der Waals surface area contributed by atoms with E-state index in [1.165, 1.54) is 12.1 Å². The largest absolute Gasteiger partial charge is 0.504 e. The van der Waals surface area contributed by atoms with Gasteiger partial charge in [-0.25, -0.2) is 0 Å². The molecule has 0 aromatic heterocycles. The predicted octanol–water partition coefficient (Wildman–Crippen LogP) is 1.58. The summed E-state index contributed by atoms with van der Waals surface area (Å²) in [5, 5.41) is 18.5. The van der Waals surface area contributed by atoms with Crippen LogP contribution in [0.1, 0.15) is 26.3 Å². The molecule has 0 saturated heterocycles. The number of ketones is 1. The van der Waals surface area contributed by atoms with Crippen LogP contribution in [-0.4, -0.2) is 22.0 Å². The van der Waals surface area contributed by atoms with Gasteiger partial charge in [0.15, 0.2) is 17.3 Å². The second kappa shape index (κ2) is 4.75. The highest BCUT2D eigenvalue weighted by Gasteiger charge is 2.27. The maximum Gasteiger partial charge on any atom is 0.157 e. The lowest BCUT2D eigenvalue weighted by atomic mass is 9.84. The summed E-state index contributed by atoms with van der Waals surface area (Å²) in [7, 11) is 0. The van der Waals surface area contributed by atoms with Gasteiger partial charge in [0, 0.05) is 5.41 Å². The van der Waals surface area contributed by atoms with Crippen molar-refractivity contribution in [2.24, 2.45) is 11.1 Å². The van der Waals surface area contributed by atoms with Crippen molar-refractivity contribution in [2.75, 3.05) is 0 Å². The Hall–Kier alpha value is -1.55. The maximum atomic E-state index is 11.9. The van der Waals surface area contributed by atoms with Crippen LogP contribution in [0.2, 0.25) is 0 Å². The van der Waals surface area contributed by atoms with Gasteiger partial charge in [-0.3, -0.25) is 4.79 Å². The third kappa shape index (κ3) is 3.46. The molecule has 4 N–H and O–H groups in total. The van der Waals surface area contributed by atoms with E-state index in [4.69, 9.17) is 10.8 Å². The molecule has 1 atom stereocenters. The molecule has 0 radical (unpaired) electrons. The van der Waals surface area contributed by atoms with Crippen molar-refractivity contribution in [2.45, 2.75) is 33.2 Å². The van der Waals surface area contributed by atoms with Crippen LogP contribution in [0.15, 0.2) is 18.2 Å². The van der Waals surface area contributed by atoms with Crippen molar-refractivity contribution in [3.05, 3.63) is 23.8 Å². The Bertz CT molecular complexity index is 421. The second-order valence-corrected chi connectivity index (χ2v) is 5.25. The fraction of sp³-hybridized carbons (Fsp3) is 0.462. The lowest BCUT2D eigenvalue weighted by Crippen LogP contribution is -2.40. The number of benzene rings is 1. The van der Waals surface area contributed by atoms with Gasteiger partial charge < -0.3 is 15.9 Å². The van der Waals surface area contributed by atoms with Crippen molar-refractivity contribution in [1.29, 1.82) is 0 Å². The SMILES string of the molecule is CC(C)(C)C(=O)[C@@H](N)Cc1ccc(O)c(O)c1. The lowest BCUT2D eigenvalue weighted by molar-refractivity contribution is -0.127. The molecule has 17 heavy (non-hydrogen) atoms. The summed E-state index contributed by atoms with van der Waals surface area (Å²) in [6.07, 6.45) is 0.351. The molecule has 0 spiro atoms. The van der Waals surface area contributed by atoms with Crippen LogP contribution < -0.4 is 5.73 Å². The monoisotopic (exact) mass is 237 g/mol. The molecule has 1 rings (SSSR count). The highest BCUT2D eigenvalue weighted by atomic mass is 16.3. The van der Waals surface area contributed by atoms with E-state index < -0.39 is 11.5 Å². The number of phenolic OH excluding ortho intramolecular Hbond substituents is 2. The maximum absolute atomic E-state index is 11.9. The molecule has 0 aliphatic rings. The van der Waals surface area contributed by atoms with E-state index in [1.807, 2.05) is 20.8 Å². The van der Waals surface area contributed by atoms with Gasteiger partial charge in [0.25, 0.3) is 0 Å². The Balaban J connectivity index is 2.78. The first-order valence-electron chi connectivity index (χ1n) is 5.52. The van der Waals surface area contributed by atoms with E-state index in [-0.39, 0.29) is 17.3 Å². The van der Waals surface area contributed by atoms with Gasteiger partial charge in [0.2, 0.25) is 0 Å². The Morgan fingerprint density at radius 2 is 1.88 bits per heavy atom. The minimum Gasteiger partial charge on any atom is -0.504 e. The minimum atomic E-state index is -0.598. The Morgan fingerprint density at radius 3 is 2.35 bits per heavy atom. The molecule has 0 bridgehead atoms. The van der Waals surface area contributed by atoms with Crippen molar-refractivity contribution >= 4 is 5.78 Å². The Kier molecular flexibility index (Phi) is 3.78. The summed E-state index contributed by atoms with van der Waals surface area (Å²) >= 11 is 0. The third-order valence-electron chi connectivity index (χ3n) is 2.57. The standard InChI is InChI=1S/C13H19NO3/c1-13(2,3)12(17)9(14)6-8-4-5-10(15)11(16)7-8/h4-5,7,9,15-16H,6,14H2,1-3H3/t9-/m0/s1. The molecule has 0 saturated carbocycles. The minimum absolute atomic E-state index is 0.0231. The Morgan fingerprint density at radius 1 is 1.29 bits per heavy atom. The van der Waals surface area contributed by atoms with Crippen molar-refractivity contribution in [3.63, 3.8) is 0 Å². The van der Waals surface area contributed by atoms with Crippen LogP contribution in [0.5, 0.6) is 11.5 Å². The van der Waals surface area contributed by atoms with E-state index in [9.17, 15) is 9.90 Å². The highest BCUT2D eigenvalue weighted by Crippen LogP contribution is 2.26. The van der Waals surface area contributed by atoms with Gasteiger partial charge >= 0.3 is 0 Å². The topological polar surface area (TPSA) is 83.6 Å². The molecule has 4 heteroatoms. The molecular formula is C13H19NO3. The summed E-state index contributed by atoms with van der Waals surface area (Å²) in [6.45, 7) is 5.47. The van der Waals surface area contributed by atoms with Gasteiger partial charge in [-0.05, 0) is 24.1 Å². The summed E-state index contributed by atoms with van der Waals surface area (Å²) in [5.41, 5.74) is 6.08. The molecule has 1 aromatic carbocycles. The molecule has 0 aliphatic carbocycles. The van der Waals surface area contributed by atoms with Crippen LogP contribution in [0.3, 0.4) is 0 Å². The van der Waals surface area contributed by atoms with Crippen LogP contribution in [0, 0.1) is 5.41 Å². The number of carbonyl (C=O) groups excluding carboxylic acids is 1. The Labute approximate surface area is 101 Å². The molecule has 0 amide bonds. The van der Waals surface area contributed by atoms with Crippen molar-refractivity contribution in [1.82, 2.24) is 0 Å². The smallest absolute Gasteiger partial charge is 0.157 e. The first-order valence-corrected chi connectivity index (χ1v) is 5.52. The average molecular weight is 237 g/mol. The van der Waals surface area contributed by atoms with Gasteiger partial charge in [-0.15, -0.1) is 0 Å². The van der Waals surface area contributed by atoms with E-state index in [1.54, 1.807) is 6.07 Å². The summed E-state index contributed by atoms with van der Waals surface area (Å²) in [4.78, 5) is 11.9. The number of nitrogens with two attached hydrogens (primary N) is 1. The molecule has 4 nitrogen and oxygen atoms in total. The van der Waals surface area contributed by atoms with Gasteiger partial charge in [0.05, 0.1) is 6.04 Å². The number of hydrogen-bond donors (Lipinski definition) is 3. The van der Waals surface area contributed by atoms with E-state index in [0.29, 0.717) is 6.42 Å². The summed E-state index contributed by atoms with van der Waals surface area (Å²) in [6, 6.07) is 3.86. The summed E-state index contributed by atoms with van der Waals surface area (Å²) < 4.78 is 0. The van der Waals surface area contributed by atoms with E-state index in [0.717, 1.165) is 5.56 Å². The third-order valence-corrected chi connectivity index (χ3v) is 2.57. The fourth-order valence-electron chi connectivity index (χ4n) is 1.60. The van der Waals surface area contributed by atoms with Gasteiger partial charge in [0.1, 0.15) is 0 Å². The zero-order chi connectivity index (χ0) is 13.2. The van der Waals surface area contributed by atoms with Crippen molar-refractivity contribution < 1.29 is 15.0 Å². The molecule has 0 fully saturated rings. The van der Waals surface area contributed by atoms with Crippen LogP contribution in [0.4, 0.5) is 0 Å². The van der Waals surface area contributed by atoms with Crippen LogP contribution in [-0.2, 0) is 11.2 Å². The zero-order valence-corrected chi connectivity index (χ0v) is 10.4. The van der Waals surface area contributed by atoms with E-state index in [2.05, 4.69) is 0 Å². The highest BCUT2D eigenvalue weighted by molar-refractivity contribution is 5.88. The normalized spacial score (nSPS) is 13.4. The molecular weight excluding hydrogens is 218 g/mol. The number of aromatic hydroxyl groups is 2. The van der Waals surface area contributed by atoms with Crippen LogP contribution in [0.25, 0.3) is 0 Å². The molecule has 94 valence electrons. The fourth-order valence-corrected chi connectivity index (χ4v) is 1.60. The van der Waals surface area contributed by atoms with Gasteiger partial charge in [-0.2, -0.15) is 0 Å². The first kappa shape index (κ1) is 13.5. The van der Waals surface area contributed by atoms with Crippen LogP contribution >= 0.6 is 0 Å². The number of carbonyl (C=O) groups is 1. The molecule has 0 aliphatic heterocycles. The number of hydrogen-bond acceptors (Lipinski definition) is 4. The first-order chi connectivity index (χ1) is 7.71. The summed E-state index contributed by atoms with van der Waals surface area (Å²) in [5.74, 6) is -0.396. The van der Waals surface area contributed by atoms with Gasteiger partial charge in [-0.1, -0.05) is 26.8 Å². The zero-order valence-electron chi connectivity index (χ0n) is 10.4. The number of phenols is 2. The van der Waals surface area contributed by atoms with E-state index >= 15 is 0 Å². The molecule has 0 unspecified atom stereocenters. The number of Topliss-reactive ketones (excluding diaryl/α,β-unsaturated/α-hetero) is 1. The second-order valence-electron chi connectivity index (χ2n) is 5.25.